The molecule has 4 aromatic rings. The van der Waals surface area contributed by atoms with Crippen molar-refractivity contribution in [2.45, 2.75) is 50.9 Å². The van der Waals surface area contributed by atoms with E-state index in [0.29, 0.717) is 42.3 Å². The molecule has 0 saturated heterocycles. The van der Waals surface area contributed by atoms with Crippen LogP contribution >= 0.6 is 0 Å². The molecule has 1 heterocycles. The molecule has 0 aliphatic heterocycles. The Morgan fingerprint density at radius 3 is 2.52 bits per heavy atom. The average molecular weight is 613 g/mol. The lowest BCUT2D eigenvalue weighted by Crippen LogP contribution is -2.45. The van der Waals surface area contributed by atoms with Crippen molar-refractivity contribution >= 4 is 22.8 Å². The number of carbonyl (C=O) groups is 2. The summed E-state index contributed by atoms with van der Waals surface area (Å²) in [6, 6.07) is 15.8. The minimum Gasteiger partial charge on any atom is -0.496 e. The lowest BCUT2D eigenvalue weighted by atomic mass is 9.90. The van der Waals surface area contributed by atoms with Crippen molar-refractivity contribution in [2.75, 3.05) is 20.3 Å². The second-order valence-corrected chi connectivity index (χ2v) is 10.7. The molecule has 0 bridgehead atoms. The van der Waals surface area contributed by atoms with Gasteiger partial charge in [-0.15, -0.1) is 0 Å². The number of ether oxygens (including phenoxy) is 2. The summed E-state index contributed by atoms with van der Waals surface area (Å²) in [4.78, 5) is 27.1. The van der Waals surface area contributed by atoms with E-state index >= 15 is 0 Å². The van der Waals surface area contributed by atoms with Crippen LogP contribution < -0.4 is 9.47 Å². The van der Waals surface area contributed by atoms with Gasteiger partial charge in [-0.3, -0.25) is 9.59 Å². The molecule has 11 heteroatoms. The zero-order valence-corrected chi connectivity index (χ0v) is 24.1. The first-order valence-corrected chi connectivity index (χ1v) is 14.3. The summed E-state index contributed by atoms with van der Waals surface area (Å²) in [6.07, 6.45) is -2.42. The third kappa shape index (κ3) is 6.82. The SMILES string of the molecule is COc1ccccc1CCC(=O)N(CCOc1ccc(C(F)(F)F)cc1)C1CCc2c(c3cc(F)ccc3n2CC(=O)O)C1. The van der Waals surface area contributed by atoms with Crippen molar-refractivity contribution in [1.82, 2.24) is 9.47 Å². The first-order chi connectivity index (χ1) is 21.0. The minimum atomic E-state index is -4.46. The van der Waals surface area contributed by atoms with E-state index in [1.54, 1.807) is 22.6 Å². The van der Waals surface area contributed by atoms with Gasteiger partial charge in [0.2, 0.25) is 5.91 Å². The van der Waals surface area contributed by atoms with E-state index in [1.807, 2.05) is 24.3 Å². The number of fused-ring (bicyclic) bond motifs is 3. The summed E-state index contributed by atoms with van der Waals surface area (Å²) < 4.78 is 66.1. The van der Waals surface area contributed by atoms with Gasteiger partial charge in [0.05, 0.1) is 19.2 Å². The van der Waals surface area contributed by atoms with Crippen molar-refractivity contribution in [3.8, 4) is 11.5 Å². The van der Waals surface area contributed by atoms with E-state index in [-0.39, 0.29) is 43.8 Å². The predicted octanol–water partition coefficient (Wildman–Crippen LogP) is 6.29. The number of hydrogen-bond donors (Lipinski definition) is 1. The number of amides is 1. The number of benzene rings is 3. The second kappa shape index (κ2) is 13.0. The number of alkyl halides is 3. The van der Waals surface area contributed by atoms with Crippen LogP contribution in [-0.2, 0) is 41.6 Å². The Balaban J connectivity index is 1.38. The zero-order valence-electron chi connectivity index (χ0n) is 24.1. The highest BCUT2D eigenvalue weighted by atomic mass is 19.4. The van der Waals surface area contributed by atoms with Crippen LogP contribution in [0.5, 0.6) is 11.5 Å². The molecule has 1 atom stereocenters. The molecule has 232 valence electrons. The van der Waals surface area contributed by atoms with Gasteiger partial charge in [-0.25, -0.2) is 4.39 Å². The van der Waals surface area contributed by atoms with Gasteiger partial charge in [-0.2, -0.15) is 13.2 Å². The monoisotopic (exact) mass is 612 g/mol. The normalized spacial score (nSPS) is 14.7. The minimum absolute atomic E-state index is 0.0462. The van der Waals surface area contributed by atoms with Gasteiger partial charge in [0, 0.05) is 29.1 Å². The Morgan fingerprint density at radius 1 is 1.07 bits per heavy atom. The summed E-state index contributed by atoms with van der Waals surface area (Å²) in [5, 5.41) is 10.1. The summed E-state index contributed by atoms with van der Waals surface area (Å²) in [5.74, 6) is -0.666. The summed E-state index contributed by atoms with van der Waals surface area (Å²) in [5.41, 5.74) is 2.34. The quantitative estimate of drug-likeness (QED) is 0.202. The van der Waals surface area contributed by atoms with E-state index in [2.05, 4.69) is 0 Å². The third-order valence-electron chi connectivity index (χ3n) is 8.04. The van der Waals surface area contributed by atoms with Gasteiger partial charge in [-0.05, 0) is 85.3 Å². The molecule has 1 unspecified atom stereocenters. The second-order valence-electron chi connectivity index (χ2n) is 10.7. The molecule has 0 spiro atoms. The van der Waals surface area contributed by atoms with Gasteiger partial charge in [0.25, 0.3) is 0 Å². The van der Waals surface area contributed by atoms with E-state index in [0.717, 1.165) is 29.0 Å². The molecule has 1 aliphatic carbocycles. The van der Waals surface area contributed by atoms with Crippen LogP contribution in [0.1, 0.15) is 35.2 Å². The van der Waals surface area contributed by atoms with Crippen LogP contribution in [0.4, 0.5) is 17.6 Å². The number of nitrogens with zero attached hydrogens (tertiary/aromatic N) is 2. The van der Waals surface area contributed by atoms with Crippen molar-refractivity contribution in [3.63, 3.8) is 0 Å². The fourth-order valence-corrected chi connectivity index (χ4v) is 5.99. The van der Waals surface area contributed by atoms with E-state index in [9.17, 15) is 32.3 Å². The number of aromatic nitrogens is 1. The number of aryl methyl sites for hydroxylation is 1. The van der Waals surface area contributed by atoms with Gasteiger partial charge in [0.1, 0.15) is 30.5 Å². The lowest BCUT2D eigenvalue weighted by Gasteiger charge is -2.35. The standard InChI is InChI=1S/C33H32F4N2O5/c1-43-30-5-3-2-4-21(30)6-15-31(40)38(16-17-44-25-11-7-22(8-12-25)33(35,36)37)24-10-14-29-27(19-24)26-18-23(34)9-13-28(26)39(29)20-32(41)42/h2-5,7-9,11-13,18,24H,6,10,14-17,19-20H2,1H3,(H,41,42). The molecule has 0 saturated carbocycles. The van der Waals surface area contributed by atoms with Crippen LogP contribution in [0, 0.1) is 5.82 Å². The van der Waals surface area contributed by atoms with Crippen LogP contribution in [0.15, 0.2) is 66.7 Å². The zero-order chi connectivity index (χ0) is 31.4. The van der Waals surface area contributed by atoms with E-state index < -0.39 is 23.5 Å². The first-order valence-electron chi connectivity index (χ1n) is 14.3. The van der Waals surface area contributed by atoms with Gasteiger partial charge in [-0.1, -0.05) is 18.2 Å². The summed E-state index contributed by atoms with van der Waals surface area (Å²) in [6.45, 7) is -0.0386. The van der Waals surface area contributed by atoms with Gasteiger partial charge in [0.15, 0.2) is 0 Å². The fraction of sp³-hybridized carbons (Fsp3) is 0.333. The predicted molar refractivity (Wildman–Crippen MR) is 155 cm³/mol. The van der Waals surface area contributed by atoms with Crippen LogP contribution in [0.25, 0.3) is 10.9 Å². The van der Waals surface area contributed by atoms with Gasteiger partial charge < -0.3 is 24.0 Å². The maximum Gasteiger partial charge on any atom is 0.416 e. The number of hydrogen-bond acceptors (Lipinski definition) is 4. The Bertz CT molecular complexity index is 1650. The number of carboxylic acid groups (broad SMARTS) is 1. The Morgan fingerprint density at radius 2 is 1.82 bits per heavy atom. The molecule has 1 N–H and O–H groups in total. The molecule has 7 nitrogen and oxygen atoms in total. The molecular weight excluding hydrogens is 580 g/mol. The smallest absolute Gasteiger partial charge is 0.416 e. The maximum absolute atomic E-state index is 14.3. The molecule has 1 aromatic heterocycles. The van der Waals surface area contributed by atoms with Crippen LogP contribution in [0.3, 0.4) is 0 Å². The lowest BCUT2D eigenvalue weighted by molar-refractivity contribution is -0.138. The average Bonchev–Trinajstić information content (AvgIpc) is 3.29. The van der Waals surface area contributed by atoms with Crippen molar-refractivity contribution in [3.05, 3.63) is 94.9 Å². The molecular formula is C33H32F4N2O5. The number of halogens is 4. The Hall–Kier alpha value is -4.54. The van der Waals surface area contributed by atoms with Gasteiger partial charge >= 0.3 is 12.1 Å². The fourth-order valence-electron chi connectivity index (χ4n) is 5.99. The molecule has 0 fully saturated rings. The molecule has 44 heavy (non-hydrogen) atoms. The summed E-state index contributed by atoms with van der Waals surface area (Å²) in [7, 11) is 1.56. The van der Waals surface area contributed by atoms with Crippen molar-refractivity contribution in [2.24, 2.45) is 0 Å². The van der Waals surface area contributed by atoms with E-state index in [1.165, 1.54) is 24.3 Å². The van der Waals surface area contributed by atoms with E-state index in [4.69, 9.17) is 9.47 Å². The number of carboxylic acids is 1. The maximum atomic E-state index is 14.3. The van der Waals surface area contributed by atoms with Crippen molar-refractivity contribution < 1.29 is 41.7 Å². The number of carbonyl (C=O) groups excluding carboxylic acids is 1. The highest BCUT2D eigenvalue weighted by Crippen LogP contribution is 2.35. The Labute approximate surface area is 251 Å². The molecule has 5 rings (SSSR count). The summed E-state index contributed by atoms with van der Waals surface area (Å²) >= 11 is 0. The van der Waals surface area contributed by atoms with Crippen LogP contribution in [0.2, 0.25) is 0 Å². The van der Waals surface area contributed by atoms with Crippen molar-refractivity contribution in [1.29, 1.82) is 0 Å². The topological polar surface area (TPSA) is 81.0 Å². The number of aliphatic carboxylic acids is 1. The highest BCUT2D eigenvalue weighted by molar-refractivity contribution is 5.87. The molecule has 1 aliphatic rings. The number of rotatable bonds is 11. The van der Waals surface area contributed by atoms with Crippen LogP contribution in [-0.4, -0.2) is 52.8 Å². The first kappa shape index (κ1) is 30.9. The largest absolute Gasteiger partial charge is 0.496 e. The third-order valence-corrected chi connectivity index (χ3v) is 8.04. The highest BCUT2D eigenvalue weighted by Gasteiger charge is 2.32. The Kier molecular flexibility index (Phi) is 9.12. The molecule has 0 radical (unpaired) electrons. The molecule has 3 aromatic carbocycles. The molecule has 1 amide bonds. The number of para-hydroxylation sites is 1. The number of methoxy groups -OCH3 is 1.